The first-order chi connectivity index (χ1) is 12.2. The lowest BCUT2D eigenvalue weighted by Gasteiger charge is -2.20. The molecule has 0 spiro atoms. The van der Waals surface area contributed by atoms with Crippen LogP contribution in [0.25, 0.3) is 0 Å². The number of hydrogen-bond acceptors (Lipinski definition) is 2. The van der Waals surface area contributed by atoms with Crippen molar-refractivity contribution in [3.05, 3.63) is 64.7 Å². The van der Waals surface area contributed by atoms with Crippen LogP contribution in [0.3, 0.4) is 0 Å². The first-order valence-electron chi connectivity index (χ1n) is 7.08. The van der Waals surface area contributed by atoms with Crippen LogP contribution in [0.4, 0.5) is 39.5 Å². The van der Waals surface area contributed by atoms with Gasteiger partial charge in [0.15, 0.2) is 0 Å². The van der Waals surface area contributed by atoms with Crippen molar-refractivity contribution in [3.63, 3.8) is 0 Å². The Hall–Kier alpha value is -2.14. The predicted octanol–water partition coefficient (Wildman–Crippen LogP) is 6.09. The first-order valence-corrected chi connectivity index (χ1v) is 7.08. The van der Waals surface area contributed by atoms with Gasteiger partial charge in [-0.1, -0.05) is 18.2 Å². The Bertz CT molecular complexity index is 798. The molecule has 0 bridgehead atoms. The molecular weight excluding hydrogens is 429 g/mol. The van der Waals surface area contributed by atoms with Crippen LogP contribution in [-0.4, -0.2) is 6.36 Å². The summed E-state index contributed by atoms with van der Waals surface area (Å²) in [5.74, 6) is -0.623. The molecule has 2 nitrogen and oxygen atoms in total. The highest BCUT2D eigenvalue weighted by Gasteiger charge is 2.39. The Morgan fingerprint density at radius 2 is 1.29 bits per heavy atom. The summed E-state index contributed by atoms with van der Waals surface area (Å²) in [6, 6.07) is 3.11. The molecule has 0 amide bonds. The third-order valence-electron chi connectivity index (χ3n) is 3.49. The highest BCUT2D eigenvalue weighted by molar-refractivity contribution is 5.85. The van der Waals surface area contributed by atoms with Crippen LogP contribution >= 0.6 is 12.4 Å². The fourth-order valence-corrected chi connectivity index (χ4v) is 2.31. The van der Waals surface area contributed by atoms with Crippen molar-refractivity contribution in [2.45, 2.75) is 24.8 Å². The molecule has 0 aliphatic heterocycles. The Labute approximate surface area is 158 Å². The van der Waals surface area contributed by atoms with Gasteiger partial charge in [-0.05, 0) is 35.4 Å². The lowest BCUT2D eigenvalue weighted by atomic mass is 9.93. The molecule has 0 aliphatic carbocycles. The zero-order chi connectivity index (χ0) is 20.6. The Kier molecular flexibility index (Phi) is 6.89. The summed E-state index contributed by atoms with van der Waals surface area (Å²) in [5.41, 5.74) is 1.92. The van der Waals surface area contributed by atoms with E-state index in [1.165, 1.54) is 0 Å². The van der Waals surface area contributed by atoms with E-state index in [-0.39, 0.29) is 24.0 Å². The molecule has 0 saturated carbocycles. The van der Waals surface area contributed by atoms with Crippen LogP contribution < -0.4 is 10.5 Å². The van der Waals surface area contributed by atoms with Gasteiger partial charge in [-0.25, -0.2) is 0 Å². The molecule has 2 N–H and O–H groups in total. The Balaban J connectivity index is 0.00000392. The number of hydrogen-bond donors (Lipinski definition) is 1. The summed E-state index contributed by atoms with van der Waals surface area (Å²) in [6.07, 6.45) is -15.1. The van der Waals surface area contributed by atoms with E-state index in [1.807, 2.05) is 0 Å². The van der Waals surface area contributed by atoms with E-state index >= 15 is 0 Å². The molecule has 2 aromatic carbocycles. The van der Waals surface area contributed by atoms with Crippen LogP contribution in [0, 0.1) is 0 Å². The average molecular weight is 440 g/mol. The van der Waals surface area contributed by atoms with Gasteiger partial charge in [-0.2, -0.15) is 26.3 Å². The fourth-order valence-electron chi connectivity index (χ4n) is 2.31. The monoisotopic (exact) mass is 439 g/mol. The third kappa shape index (κ3) is 5.93. The summed E-state index contributed by atoms with van der Waals surface area (Å²) in [4.78, 5) is 0. The minimum Gasteiger partial charge on any atom is -0.406 e. The van der Waals surface area contributed by atoms with Crippen LogP contribution in [0.1, 0.15) is 28.3 Å². The molecule has 2 aromatic rings. The van der Waals surface area contributed by atoms with E-state index in [1.54, 1.807) is 0 Å². The summed E-state index contributed by atoms with van der Waals surface area (Å²) < 4.78 is 118. The number of nitrogens with two attached hydrogens (primary N) is 1. The molecule has 156 valence electrons. The van der Waals surface area contributed by atoms with E-state index in [2.05, 4.69) is 4.74 Å². The normalized spacial score (nSPS) is 13.6. The molecule has 0 heterocycles. The molecule has 0 fully saturated rings. The standard InChI is InChI=1S/C16H10F9NO.ClH/c17-14(18,19)9-3-6-11(12(7-9)15(20,21)22)13(26)8-1-4-10(5-2-8)27-16(23,24)25;/h1-7,13H,26H2;1H/t13-;/m1./s1. The molecule has 0 radical (unpaired) electrons. The van der Waals surface area contributed by atoms with Gasteiger partial charge in [0.2, 0.25) is 0 Å². The minimum atomic E-state index is -5.12. The Morgan fingerprint density at radius 1 is 0.750 bits per heavy atom. The quantitative estimate of drug-likeness (QED) is 0.587. The van der Waals surface area contributed by atoms with Gasteiger partial charge >= 0.3 is 18.7 Å². The van der Waals surface area contributed by atoms with Crippen molar-refractivity contribution >= 4 is 12.4 Å². The summed E-state index contributed by atoms with van der Waals surface area (Å²) in [6.45, 7) is 0. The van der Waals surface area contributed by atoms with Gasteiger partial charge in [-0.3, -0.25) is 0 Å². The molecule has 28 heavy (non-hydrogen) atoms. The maximum Gasteiger partial charge on any atom is 0.573 e. The number of rotatable bonds is 3. The van der Waals surface area contributed by atoms with Crippen molar-refractivity contribution < 1.29 is 44.3 Å². The first kappa shape index (κ1) is 23.9. The topological polar surface area (TPSA) is 35.2 Å². The van der Waals surface area contributed by atoms with E-state index in [4.69, 9.17) is 5.73 Å². The van der Waals surface area contributed by atoms with Gasteiger partial charge in [0.05, 0.1) is 17.2 Å². The molecule has 0 aliphatic rings. The second-order valence-corrected chi connectivity index (χ2v) is 5.39. The van der Waals surface area contributed by atoms with Gasteiger partial charge < -0.3 is 10.5 Å². The zero-order valence-corrected chi connectivity index (χ0v) is 14.2. The van der Waals surface area contributed by atoms with Gasteiger partial charge in [0.1, 0.15) is 5.75 Å². The van der Waals surface area contributed by atoms with Crippen molar-refractivity contribution in [1.29, 1.82) is 0 Å². The number of alkyl halides is 9. The third-order valence-corrected chi connectivity index (χ3v) is 3.49. The molecule has 0 saturated heterocycles. The smallest absolute Gasteiger partial charge is 0.406 e. The number of ether oxygens (including phenoxy) is 1. The molecule has 12 heteroatoms. The van der Waals surface area contributed by atoms with Crippen molar-refractivity contribution in [2.75, 3.05) is 0 Å². The van der Waals surface area contributed by atoms with Gasteiger partial charge in [0, 0.05) is 0 Å². The SMILES string of the molecule is Cl.N[C@H](c1ccc(OC(F)(F)F)cc1)c1ccc(C(F)(F)F)cc1C(F)(F)F. The fraction of sp³-hybridized carbons (Fsp3) is 0.250. The van der Waals surface area contributed by atoms with Crippen LogP contribution in [-0.2, 0) is 12.4 Å². The maximum absolute atomic E-state index is 13.2. The summed E-state index contributed by atoms with van der Waals surface area (Å²) in [7, 11) is 0. The maximum atomic E-state index is 13.2. The second kappa shape index (κ2) is 8.08. The largest absolute Gasteiger partial charge is 0.573 e. The van der Waals surface area contributed by atoms with E-state index < -0.39 is 47.2 Å². The lowest BCUT2D eigenvalue weighted by molar-refractivity contribution is -0.274. The molecule has 0 unspecified atom stereocenters. The predicted molar refractivity (Wildman–Crippen MR) is 82.8 cm³/mol. The lowest BCUT2D eigenvalue weighted by Crippen LogP contribution is -2.20. The van der Waals surface area contributed by atoms with Crippen molar-refractivity contribution in [3.8, 4) is 5.75 Å². The second-order valence-electron chi connectivity index (χ2n) is 5.39. The average Bonchev–Trinajstić information content (AvgIpc) is 2.51. The molecule has 0 aromatic heterocycles. The van der Waals surface area contributed by atoms with Crippen LogP contribution in [0.2, 0.25) is 0 Å². The van der Waals surface area contributed by atoms with Crippen molar-refractivity contribution in [1.82, 2.24) is 0 Å². The Morgan fingerprint density at radius 3 is 1.71 bits per heavy atom. The highest BCUT2D eigenvalue weighted by Crippen LogP contribution is 2.40. The van der Waals surface area contributed by atoms with Crippen molar-refractivity contribution in [2.24, 2.45) is 5.73 Å². The number of benzene rings is 2. The van der Waals surface area contributed by atoms with Crippen LogP contribution in [0.5, 0.6) is 5.75 Å². The van der Waals surface area contributed by atoms with E-state index in [0.29, 0.717) is 12.1 Å². The highest BCUT2D eigenvalue weighted by atomic mass is 35.5. The van der Waals surface area contributed by atoms with Gasteiger partial charge in [-0.15, -0.1) is 25.6 Å². The number of halogens is 10. The molecule has 2 rings (SSSR count). The molecule has 1 atom stereocenters. The zero-order valence-electron chi connectivity index (χ0n) is 13.4. The van der Waals surface area contributed by atoms with E-state index in [9.17, 15) is 39.5 Å². The molecular formula is C16H11ClF9NO. The van der Waals surface area contributed by atoms with E-state index in [0.717, 1.165) is 24.3 Å². The van der Waals surface area contributed by atoms with Gasteiger partial charge in [0.25, 0.3) is 0 Å². The summed E-state index contributed by atoms with van der Waals surface area (Å²) >= 11 is 0. The van der Waals surface area contributed by atoms with Crippen LogP contribution in [0.15, 0.2) is 42.5 Å². The minimum absolute atomic E-state index is 0. The summed E-state index contributed by atoms with van der Waals surface area (Å²) in [5, 5.41) is 0.